The van der Waals surface area contributed by atoms with Gasteiger partial charge in [0.25, 0.3) is 0 Å². The monoisotopic (exact) mass is 366 g/mol. The van der Waals surface area contributed by atoms with Crippen LogP contribution in [-0.2, 0) is 20.7 Å². The van der Waals surface area contributed by atoms with Crippen molar-refractivity contribution in [2.24, 2.45) is 5.92 Å². The lowest BCUT2D eigenvalue weighted by molar-refractivity contribution is -0.135. The van der Waals surface area contributed by atoms with Crippen molar-refractivity contribution in [2.45, 2.75) is 13.3 Å². The van der Waals surface area contributed by atoms with Crippen molar-refractivity contribution in [3.05, 3.63) is 59.7 Å². The molecule has 27 heavy (non-hydrogen) atoms. The van der Waals surface area contributed by atoms with Crippen LogP contribution in [0.1, 0.15) is 11.1 Å². The number of hydrogen-bond donors (Lipinski definition) is 1. The number of aryl methyl sites for hydroxylation is 1. The normalized spacial score (nSPS) is 17.3. The topological polar surface area (TPSA) is 58.6 Å². The van der Waals surface area contributed by atoms with E-state index in [4.69, 9.17) is 4.74 Å². The van der Waals surface area contributed by atoms with Crippen LogP contribution in [-0.4, -0.2) is 50.1 Å². The summed E-state index contributed by atoms with van der Waals surface area (Å²) in [6.45, 7) is 3.52. The number of rotatable bonds is 5. The first-order valence-electron chi connectivity index (χ1n) is 9.28. The number of benzene rings is 2. The summed E-state index contributed by atoms with van der Waals surface area (Å²) in [5.74, 6) is -0.354. The summed E-state index contributed by atoms with van der Waals surface area (Å²) in [7, 11) is 1.51. The lowest BCUT2D eigenvalue weighted by Gasteiger charge is -2.23. The van der Waals surface area contributed by atoms with Crippen LogP contribution in [0.2, 0.25) is 0 Å². The minimum absolute atomic E-state index is 0.00132. The molecule has 0 aliphatic carbocycles. The maximum Gasteiger partial charge on any atom is 0.248 e. The van der Waals surface area contributed by atoms with Gasteiger partial charge in [-0.25, -0.2) is 0 Å². The van der Waals surface area contributed by atoms with E-state index in [2.05, 4.69) is 48.6 Å². The zero-order valence-corrected chi connectivity index (χ0v) is 15.9. The van der Waals surface area contributed by atoms with Crippen molar-refractivity contribution in [3.8, 4) is 11.1 Å². The van der Waals surface area contributed by atoms with Crippen molar-refractivity contribution in [1.29, 1.82) is 0 Å². The minimum atomic E-state index is -0.278. The Morgan fingerprint density at radius 1 is 1.19 bits per heavy atom. The number of nitrogens with zero attached hydrogens (tertiary/aromatic N) is 1. The van der Waals surface area contributed by atoms with Gasteiger partial charge >= 0.3 is 0 Å². The zero-order valence-electron chi connectivity index (χ0n) is 15.9. The molecule has 142 valence electrons. The number of methoxy groups -OCH3 is 1. The molecule has 5 nitrogen and oxygen atoms in total. The fourth-order valence-corrected chi connectivity index (χ4v) is 3.48. The quantitative estimate of drug-likeness (QED) is 0.884. The third-order valence-corrected chi connectivity index (χ3v) is 4.96. The molecule has 2 aromatic rings. The van der Waals surface area contributed by atoms with Crippen LogP contribution in [0, 0.1) is 12.8 Å². The standard InChI is InChI=1S/C22H26N2O3/c1-16-7-9-17(10-8-16)20-6-4-3-5-18(20)13-19-14-24(21(25)15-27-2)12-11-23-22(19)26/h3-10,19H,11-15H2,1-2H3,(H,23,26). The van der Waals surface area contributed by atoms with E-state index in [1.54, 1.807) is 4.90 Å². The Hall–Kier alpha value is -2.66. The van der Waals surface area contributed by atoms with E-state index < -0.39 is 0 Å². The van der Waals surface area contributed by atoms with Crippen LogP contribution in [0.3, 0.4) is 0 Å². The lowest BCUT2D eigenvalue weighted by Crippen LogP contribution is -2.39. The van der Waals surface area contributed by atoms with Crippen molar-refractivity contribution < 1.29 is 14.3 Å². The first-order chi connectivity index (χ1) is 13.1. The summed E-state index contributed by atoms with van der Waals surface area (Å²) in [6.07, 6.45) is 0.590. The van der Waals surface area contributed by atoms with Gasteiger partial charge in [0.15, 0.2) is 0 Å². The highest BCUT2D eigenvalue weighted by molar-refractivity contribution is 5.83. The molecule has 0 bridgehead atoms. The number of nitrogens with one attached hydrogen (secondary N) is 1. The first-order valence-corrected chi connectivity index (χ1v) is 9.28. The van der Waals surface area contributed by atoms with E-state index in [1.165, 1.54) is 12.7 Å². The summed E-state index contributed by atoms with van der Waals surface area (Å²) in [4.78, 5) is 26.5. The van der Waals surface area contributed by atoms with Crippen molar-refractivity contribution in [3.63, 3.8) is 0 Å². The summed E-state index contributed by atoms with van der Waals surface area (Å²) in [6, 6.07) is 16.6. The number of amides is 2. The smallest absolute Gasteiger partial charge is 0.248 e. The van der Waals surface area contributed by atoms with Gasteiger partial charge in [0.1, 0.15) is 6.61 Å². The van der Waals surface area contributed by atoms with E-state index in [9.17, 15) is 9.59 Å². The van der Waals surface area contributed by atoms with Gasteiger partial charge in [0, 0.05) is 26.7 Å². The Kier molecular flexibility index (Phi) is 6.24. The van der Waals surface area contributed by atoms with Gasteiger partial charge in [-0.15, -0.1) is 0 Å². The molecule has 0 radical (unpaired) electrons. The lowest BCUT2D eigenvalue weighted by atomic mass is 9.91. The molecule has 0 saturated carbocycles. The molecule has 1 atom stereocenters. The van der Waals surface area contributed by atoms with Gasteiger partial charge in [-0.3, -0.25) is 9.59 Å². The summed E-state index contributed by atoms with van der Waals surface area (Å²) >= 11 is 0. The van der Waals surface area contributed by atoms with Crippen LogP contribution >= 0.6 is 0 Å². The second kappa shape index (κ2) is 8.82. The predicted molar refractivity (Wildman–Crippen MR) is 105 cm³/mol. The van der Waals surface area contributed by atoms with E-state index in [1.807, 2.05) is 12.1 Å². The van der Waals surface area contributed by atoms with Gasteiger partial charge in [0.05, 0.1) is 5.92 Å². The number of carbonyl (C=O) groups is 2. The molecule has 1 aliphatic heterocycles. The van der Waals surface area contributed by atoms with Crippen molar-refractivity contribution in [1.82, 2.24) is 10.2 Å². The van der Waals surface area contributed by atoms with Crippen LogP contribution in [0.15, 0.2) is 48.5 Å². The van der Waals surface area contributed by atoms with Gasteiger partial charge in [0.2, 0.25) is 11.8 Å². The number of hydrogen-bond acceptors (Lipinski definition) is 3. The SMILES string of the molecule is COCC(=O)N1CCNC(=O)C(Cc2ccccc2-c2ccc(C)cc2)C1. The molecule has 0 spiro atoms. The third-order valence-electron chi connectivity index (χ3n) is 4.96. The molecule has 2 amide bonds. The highest BCUT2D eigenvalue weighted by Crippen LogP contribution is 2.26. The van der Waals surface area contributed by atoms with E-state index >= 15 is 0 Å². The molecule has 3 rings (SSSR count). The van der Waals surface area contributed by atoms with Crippen molar-refractivity contribution >= 4 is 11.8 Å². The molecular weight excluding hydrogens is 340 g/mol. The molecule has 1 heterocycles. The first kappa shape index (κ1) is 19.1. The second-order valence-corrected chi connectivity index (χ2v) is 6.99. The van der Waals surface area contributed by atoms with Crippen LogP contribution in [0.5, 0.6) is 0 Å². The summed E-state index contributed by atoms with van der Waals surface area (Å²) < 4.78 is 4.97. The van der Waals surface area contributed by atoms with Crippen LogP contribution in [0.25, 0.3) is 11.1 Å². The maximum atomic E-state index is 12.6. The highest BCUT2D eigenvalue weighted by Gasteiger charge is 2.28. The van der Waals surface area contributed by atoms with Gasteiger partial charge in [-0.2, -0.15) is 0 Å². The summed E-state index contributed by atoms with van der Waals surface area (Å²) in [5.41, 5.74) is 4.59. The second-order valence-electron chi connectivity index (χ2n) is 6.99. The third kappa shape index (κ3) is 4.74. The highest BCUT2D eigenvalue weighted by atomic mass is 16.5. The molecule has 2 aromatic carbocycles. The summed E-state index contributed by atoms with van der Waals surface area (Å²) in [5, 5.41) is 2.93. The van der Waals surface area contributed by atoms with Gasteiger partial charge < -0.3 is 15.0 Å². The van der Waals surface area contributed by atoms with E-state index in [-0.39, 0.29) is 24.3 Å². The average Bonchev–Trinajstić information content (AvgIpc) is 2.85. The predicted octanol–water partition coefficient (Wildman–Crippen LogP) is 2.43. The van der Waals surface area contributed by atoms with Crippen LogP contribution < -0.4 is 5.32 Å². The van der Waals surface area contributed by atoms with E-state index in [0.29, 0.717) is 26.1 Å². The Morgan fingerprint density at radius 3 is 2.67 bits per heavy atom. The van der Waals surface area contributed by atoms with Crippen LogP contribution in [0.4, 0.5) is 0 Å². The molecule has 1 aliphatic rings. The molecule has 0 aromatic heterocycles. The Labute approximate surface area is 160 Å². The Morgan fingerprint density at radius 2 is 1.93 bits per heavy atom. The van der Waals surface area contributed by atoms with E-state index in [0.717, 1.165) is 16.7 Å². The molecule has 1 fully saturated rings. The Balaban J connectivity index is 1.83. The van der Waals surface area contributed by atoms with Crippen molar-refractivity contribution in [2.75, 3.05) is 33.4 Å². The van der Waals surface area contributed by atoms with Gasteiger partial charge in [-0.05, 0) is 30.0 Å². The molecule has 5 heteroatoms. The largest absolute Gasteiger partial charge is 0.375 e. The van der Waals surface area contributed by atoms with Gasteiger partial charge in [-0.1, -0.05) is 54.1 Å². The Bertz CT molecular complexity index is 801. The number of carbonyl (C=O) groups excluding carboxylic acids is 2. The zero-order chi connectivity index (χ0) is 19.2. The molecule has 1 N–H and O–H groups in total. The fourth-order valence-electron chi connectivity index (χ4n) is 3.48. The molecule has 1 saturated heterocycles. The molecule has 1 unspecified atom stereocenters. The number of ether oxygens (including phenoxy) is 1. The maximum absolute atomic E-state index is 12.6. The average molecular weight is 366 g/mol. The molecular formula is C22H26N2O3. The minimum Gasteiger partial charge on any atom is -0.375 e. The fraction of sp³-hybridized carbons (Fsp3) is 0.364.